The molecule has 0 spiro atoms. The fourth-order valence-electron chi connectivity index (χ4n) is 6.07. The van der Waals surface area contributed by atoms with Crippen molar-refractivity contribution in [2.75, 3.05) is 0 Å². The summed E-state index contributed by atoms with van der Waals surface area (Å²) in [7, 11) is 0. The van der Waals surface area contributed by atoms with E-state index in [1.165, 1.54) is 36.0 Å². The van der Waals surface area contributed by atoms with E-state index in [1.54, 1.807) is 27.8 Å². The third-order valence-electron chi connectivity index (χ3n) is 7.84. The van der Waals surface area contributed by atoms with Crippen LogP contribution in [-0.4, -0.2) is 6.19 Å². The second-order valence-corrected chi connectivity index (χ2v) is 24.2. The summed E-state index contributed by atoms with van der Waals surface area (Å²) in [5.41, 5.74) is 13.1. The zero-order chi connectivity index (χ0) is 25.0. The predicted molar refractivity (Wildman–Crippen MR) is 150 cm³/mol. The summed E-state index contributed by atoms with van der Waals surface area (Å²) in [6.07, 6.45) is 6.90. The molecular weight excluding hydrogens is 531 g/mol. The van der Waals surface area contributed by atoms with E-state index in [4.69, 9.17) is 0 Å². The van der Waals surface area contributed by atoms with Gasteiger partial charge in [0.05, 0.1) is 0 Å². The Labute approximate surface area is 239 Å². The molecule has 0 N–H and O–H groups in total. The van der Waals surface area contributed by atoms with Crippen LogP contribution in [0.25, 0.3) is 11.1 Å². The van der Waals surface area contributed by atoms with Crippen molar-refractivity contribution < 1.29 is 41.4 Å². The molecule has 0 unspecified atom stereocenters. The Morgan fingerprint density at radius 1 is 0.833 bits per heavy atom. The van der Waals surface area contributed by atoms with E-state index in [9.17, 15) is 0 Å². The number of allylic oxidation sites excluding steroid dienone is 4. The molecule has 2 aromatic carbocycles. The molecule has 0 heterocycles. The number of hydrogen-bond donors (Lipinski definition) is 0. The van der Waals surface area contributed by atoms with Gasteiger partial charge in [-0.15, -0.1) is 0 Å². The van der Waals surface area contributed by atoms with Crippen molar-refractivity contribution >= 4 is 10.1 Å². The minimum atomic E-state index is -1.65. The first kappa shape index (κ1) is 31.6. The summed E-state index contributed by atoms with van der Waals surface area (Å²) >= 11 is -1.65. The van der Waals surface area contributed by atoms with Crippen LogP contribution in [-0.2, 0) is 33.9 Å². The fraction of sp³-hybridized carbons (Fsp3) is 0.500. The Hall–Kier alpha value is -0.569. The number of benzene rings is 2. The summed E-state index contributed by atoms with van der Waals surface area (Å²) in [5.74, 6) is 0. The Balaban J connectivity index is 0.00000228. The van der Waals surface area contributed by atoms with Crippen molar-refractivity contribution in [3.8, 4) is 11.1 Å². The molecular formula is C32H44Cl2SiTi. The van der Waals surface area contributed by atoms with Gasteiger partial charge in [-0.1, -0.05) is 0 Å². The molecule has 36 heavy (non-hydrogen) atoms. The van der Waals surface area contributed by atoms with Crippen LogP contribution in [0.2, 0.25) is 13.1 Å². The van der Waals surface area contributed by atoms with Crippen molar-refractivity contribution in [3.63, 3.8) is 0 Å². The zero-order valence-electron chi connectivity index (χ0n) is 24.0. The summed E-state index contributed by atoms with van der Waals surface area (Å²) in [6.45, 7) is 24.3. The molecule has 0 atom stereocenters. The van der Waals surface area contributed by atoms with E-state index < -0.39 is 22.8 Å². The van der Waals surface area contributed by atoms with E-state index in [1.807, 2.05) is 7.75 Å². The SMILES string of the molecule is CCC1=CC[C]([Ti+2]([c]2c(C(C)(C)C)ccc3c2Cc2cc(C(C)(C)C)ccc2-3)=[Si](C)C)=C1CC.[Cl-].[Cl-]. The third kappa shape index (κ3) is 5.72. The second-order valence-electron chi connectivity index (χ2n) is 12.5. The topological polar surface area (TPSA) is 0 Å². The number of rotatable bonds is 4. The van der Waals surface area contributed by atoms with Crippen molar-refractivity contribution in [3.05, 3.63) is 73.7 Å². The largest absolute Gasteiger partial charge is 1.00 e. The average molecular weight is 576 g/mol. The molecule has 0 amide bonds. The molecule has 0 saturated heterocycles. The Morgan fingerprint density at radius 2 is 1.47 bits per heavy atom. The summed E-state index contributed by atoms with van der Waals surface area (Å²) in [5, 5.41) is 0. The molecule has 4 heteroatoms. The standard InChI is InChI=1S/C21H25.C9H13.C2H6Si.2ClH.Ti/c1-20(2,3)16-7-9-18-14(12-16)11-15-13-17(21(4,5)6)8-10-19(15)18;1-3-8-6-5-7-9(8)4-2;1-3-2;;;/h7-10,12H,11H2,1-6H3;6H,3-5H2,1-2H3;1-2H3;2*1H;/q;;;;;+2/p-2. The van der Waals surface area contributed by atoms with Crippen LogP contribution in [0.4, 0.5) is 0 Å². The van der Waals surface area contributed by atoms with Gasteiger partial charge in [-0.2, -0.15) is 0 Å². The Bertz CT molecular complexity index is 1250. The fourth-order valence-corrected chi connectivity index (χ4v) is 18.5. The minimum Gasteiger partial charge on any atom is -1.00 e. The van der Waals surface area contributed by atoms with Gasteiger partial charge in [-0.25, -0.2) is 0 Å². The summed E-state index contributed by atoms with van der Waals surface area (Å²) in [6, 6.07) is 12.3. The molecule has 194 valence electrons. The van der Waals surface area contributed by atoms with Crippen LogP contribution < -0.4 is 28.7 Å². The Morgan fingerprint density at radius 3 is 2.00 bits per heavy atom. The van der Waals surface area contributed by atoms with Gasteiger partial charge in [0.15, 0.2) is 0 Å². The van der Waals surface area contributed by atoms with Crippen LogP contribution in [0.5, 0.6) is 0 Å². The van der Waals surface area contributed by atoms with Gasteiger partial charge in [0.25, 0.3) is 0 Å². The number of fused-ring (bicyclic) bond motifs is 3. The molecule has 0 aliphatic heterocycles. The molecule has 0 bridgehead atoms. The van der Waals surface area contributed by atoms with Crippen molar-refractivity contribution in [1.82, 2.24) is 0 Å². The minimum absolute atomic E-state index is 0. The third-order valence-corrected chi connectivity index (χ3v) is 19.2. The molecule has 2 aromatic rings. The van der Waals surface area contributed by atoms with Gasteiger partial charge in [-0.05, 0) is 0 Å². The summed E-state index contributed by atoms with van der Waals surface area (Å²) < 4.78 is 3.76. The molecule has 0 saturated carbocycles. The van der Waals surface area contributed by atoms with E-state index in [-0.39, 0.29) is 35.6 Å². The van der Waals surface area contributed by atoms with Gasteiger partial charge in [0.2, 0.25) is 0 Å². The van der Waals surface area contributed by atoms with Gasteiger partial charge < -0.3 is 24.8 Å². The molecule has 4 rings (SSSR count). The van der Waals surface area contributed by atoms with Crippen molar-refractivity contribution in [1.29, 1.82) is 0 Å². The van der Waals surface area contributed by atoms with E-state index >= 15 is 0 Å². The van der Waals surface area contributed by atoms with Crippen molar-refractivity contribution in [2.24, 2.45) is 0 Å². The normalized spacial score (nSPS) is 14.3. The molecule has 0 radical (unpaired) electrons. The van der Waals surface area contributed by atoms with Crippen LogP contribution in [0.3, 0.4) is 0 Å². The predicted octanol–water partition coefficient (Wildman–Crippen LogP) is 2.76. The molecule has 0 aromatic heterocycles. The molecule has 2 aliphatic carbocycles. The maximum atomic E-state index is 2.62. The van der Waals surface area contributed by atoms with E-state index in [2.05, 4.69) is 105 Å². The van der Waals surface area contributed by atoms with Crippen LogP contribution in [0.1, 0.15) is 96.9 Å². The van der Waals surface area contributed by atoms with Crippen LogP contribution >= 0.6 is 0 Å². The van der Waals surface area contributed by atoms with Gasteiger partial charge >= 0.3 is 216 Å². The second kappa shape index (κ2) is 11.7. The van der Waals surface area contributed by atoms with Gasteiger partial charge in [-0.3, -0.25) is 0 Å². The van der Waals surface area contributed by atoms with Crippen LogP contribution in [0.15, 0.2) is 51.4 Å². The van der Waals surface area contributed by atoms with E-state index in [0.29, 0.717) is 0 Å². The maximum absolute atomic E-state index is 2.62. The first-order valence-electron chi connectivity index (χ1n) is 13.3. The molecule has 2 aliphatic rings. The summed E-state index contributed by atoms with van der Waals surface area (Å²) in [4.78, 5) is 0. The Kier molecular flexibility index (Phi) is 10.3. The van der Waals surface area contributed by atoms with E-state index in [0.717, 1.165) is 6.42 Å². The van der Waals surface area contributed by atoms with Crippen LogP contribution in [0, 0.1) is 0 Å². The van der Waals surface area contributed by atoms with Gasteiger partial charge in [0, 0.05) is 0 Å². The number of hydrogen-bond acceptors (Lipinski definition) is 0. The molecule has 0 nitrogen and oxygen atoms in total. The quantitative estimate of drug-likeness (QED) is 0.420. The monoisotopic (exact) mass is 574 g/mol. The van der Waals surface area contributed by atoms with Gasteiger partial charge in [0.1, 0.15) is 0 Å². The average Bonchev–Trinajstić information content (AvgIpc) is 3.32. The number of halogens is 2. The maximum Gasteiger partial charge on any atom is -1.00 e. The first-order chi connectivity index (χ1) is 15.9. The van der Waals surface area contributed by atoms with Crippen molar-refractivity contribution in [2.45, 2.75) is 105 Å². The molecule has 0 fully saturated rings. The zero-order valence-corrected chi connectivity index (χ0v) is 28.1. The smallest absolute Gasteiger partial charge is 1.00 e. The first-order valence-corrected chi connectivity index (χ1v) is 19.7.